The van der Waals surface area contributed by atoms with Gasteiger partial charge in [-0.05, 0) is 12.1 Å². The Balaban J connectivity index is 3.30. The fourth-order valence-corrected chi connectivity index (χ4v) is 0.974. The predicted molar refractivity (Wildman–Crippen MR) is 43.2 cm³/mol. The van der Waals surface area contributed by atoms with Gasteiger partial charge in [-0.15, -0.1) is 0 Å². The van der Waals surface area contributed by atoms with Gasteiger partial charge in [-0.3, -0.25) is 0 Å². The average Bonchev–Trinajstić information content (AvgIpc) is 1.88. The van der Waals surface area contributed by atoms with Crippen LogP contribution in [0.1, 0.15) is 5.56 Å². The topological polar surface area (TPSA) is 20.2 Å². The van der Waals surface area contributed by atoms with Crippen molar-refractivity contribution in [3.8, 4) is 5.75 Å². The van der Waals surface area contributed by atoms with E-state index in [2.05, 4.69) is 6.58 Å². The van der Waals surface area contributed by atoms with Crippen molar-refractivity contribution in [3.05, 3.63) is 35.4 Å². The molecule has 0 saturated carbocycles. The minimum absolute atomic E-state index is 0.169. The molecule has 1 N–H and O–H groups in total. The third kappa shape index (κ3) is 1.14. The molecule has 0 fully saturated rings. The van der Waals surface area contributed by atoms with Gasteiger partial charge in [0, 0.05) is 5.56 Å². The molecule has 0 aliphatic heterocycles. The molecule has 0 aliphatic rings. The van der Waals surface area contributed by atoms with Crippen LogP contribution in [0.3, 0.4) is 0 Å². The lowest BCUT2D eigenvalue weighted by molar-refractivity contribution is 0.474. The van der Waals surface area contributed by atoms with Crippen LogP contribution in [0.5, 0.6) is 5.75 Å². The summed E-state index contributed by atoms with van der Waals surface area (Å²) in [6, 6.07) is 4.96. The summed E-state index contributed by atoms with van der Waals surface area (Å²) in [6.07, 6.45) is 1.53. The highest BCUT2D eigenvalue weighted by Gasteiger charge is 1.99. The van der Waals surface area contributed by atoms with Gasteiger partial charge in [-0.25, -0.2) is 0 Å². The Morgan fingerprint density at radius 1 is 1.50 bits per heavy atom. The fourth-order valence-electron chi connectivity index (χ4n) is 0.728. The van der Waals surface area contributed by atoms with Crippen LogP contribution in [0.4, 0.5) is 0 Å². The number of aromatic hydroxyl groups is 1. The normalized spacial score (nSPS) is 9.30. The van der Waals surface area contributed by atoms with E-state index in [1.54, 1.807) is 18.2 Å². The Morgan fingerprint density at radius 3 is 2.60 bits per heavy atom. The maximum atomic E-state index is 9.14. The summed E-state index contributed by atoms with van der Waals surface area (Å²) in [5, 5.41) is 9.66. The van der Waals surface area contributed by atoms with E-state index in [9.17, 15) is 0 Å². The largest absolute Gasteiger partial charge is 0.507 e. The number of rotatable bonds is 1. The summed E-state index contributed by atoms with van der Waals surface area (Å²) in [7, 11) is 0. The monoisotopic (exact) mass is 154 g/mol. The van der Waals surface area contributed by atoms with E-state index in [-0.39, 0.29) is 5.75 Å². The van der Waals surface area contributed by atoms with Crippen LogP contribution in [0.15, 0.2) is 24.8 Å². The van der Waals surface area contributed by atoms with Crippen LogP contribution in [-0.2, 0) is 0 Å². The van der Waals surface area contributed by atoms with Crippen molar-refractivity contribution in [1.82, 2.24) is 0 Å². The lowest BCUT2D eigenvalue weighted by Crippen LogP contribution is -1.74. The van der Waals surface area contributed by atoms with Crippen molar-refractivity contribution < 1.29 is 5.11 Å². The molecule has 10 heavy (non-hydrogen) atoms. The molecule has 52 valence electrons. The third-order valence-electron chi connectivity index (χ3n) is 1.23. The molecule has 0 bridgehead atoms. The molecule has 1 aromatic rings. The molecule has 1 rings (SSSR count). The first-order valence-corrected chi connectivity index (χ1v) is 3.23. The van der Waals surface area contributed by atoms with Gasteiger partial charge in [0.2, 0.25) is 0 Å². The molecule has 0 aliphatic carbocycles. The van der Waals surface area contributed by atoms with Gasteiger partial charge in [0.1, 0.15) is 5.75 Å². The first kappa shape index (κ1) is 7.16. The Hall–Kier alpha value is -0.950. The summed E-state index contributed by atoms with van der Waals surface area (Å²) in [4.78, 5) is 0. The number of halogens is 1. The fraction of sp³-hybridized carbons (Fsp3) is 0. The van der Waals surface area contributed by atoms with Crippen molar-refractivity contribution >= 4 is 17.7 Å². The second kappa shape index (κ2) is 2.76. The molecular weight excluding hydrogens is 148 g/mol. The smallest absolute Gasteiger partial charge is 0.124 e. The number of hydrogen-bond acceptors (Lipinski definition) is 1. The molecule has 0 unspecified atom stereocenters. The van der Waals surface area contributed by atoms with Gasteiger partial charge in [-0.2, -0.15) is 0 Å². The third-order valence-corrected chi connectivity index (χ3v) is 1.56. The minimum atomic E-state index is 0.169. The van der Waals surface area contributed by atoms with E-state index < -0.39 is 0 Å². The van der Waals surface area contributed by atoms with Crippen LogP contribution >= 0.6 is 11.6 Å². The van der Waals surface area contributed by atoms with E-state index in [1.165, 1.54) is 6.08 Å². The van der Waals surface area contributed by atoms with Gasteiger partial charge in [-0.1, -0.05) is 30.3 Å². The van der Waals surface area contributed by atoms with Gasteiger partial charge in [0.15, 0.2) is 0 Å². The number of phenolic OH excluding ortho intramolecular Hbond substituents is 1. The molecule has 2 heteroatoms. The second-order valence-corrected chi connectivity index (χ2v) is 2.28. The maximum absolute atomic E-state index is 9.14. The zero-order valence-electron chi connectivity index (χ0n) is 5.34. The predicted octanol–water partition coefficient (Wildman–Crippen LogP) is 2.69. The van der Waals surface area contributed by atoms with Gasteiger partial charge < -0.3 is 5.11 Å². The van der Waals surface area contributed by atoms with Crippen LogP contribution in [0.25, 0.3) is 6.08 Å². The molecular formula is C8H7ClO. The van der Waals surface area contributed by atoms with Crippen LogP contribution in [-0.4, -0.2) is 5.11 Å². The molecule has 0 radical (unpaired) electrons. The molecule has 0 aromatic heterocycles. The summed E-state index contributed by atoms with van der Waals surface area (Å²) >= 11 is 5.70. The second-order valence-electron chi connectivity index (χ2n) is 1.88. The Bertz CT molecular complexity index is 235. The van der Waals surface area contributed by atoms with Crippen LogP contribution in [0, 0.1) is 0 Å². The van der Waals surface area contributed by atoms with Crippen molar-refractivity contribution in [2.45, 2.75) is 0 Å². The molecule has 0 amide bonds. The molecule has 0 atom stereocenters. The number of hydrogen-bond donors (Lipinski definition) is 1. The molecule has 0 saturated heterocycles. The van der Waals surface area contributed by atoms with Crippen LogP contribution < -0.4 is 0 Å². The molecule has 1 nitrogen and oxygen atoms in total. The van der Waals surface area contributed by atoms with E-state index in [0.717, 1.165) is 0 Å². The summed E-state index contributed by atoms with van der Waals surface area (Å²) in [5.74, 6) is 0.169. The van der Waals surface area contributed by atoms with Gasteiger partial charge in [0.25, 0.3) is 0 Å². The van der Waals surface area contributed by atoms with Crippen molar-refractivity contribution in [2.24, 2.45) is 0 Å². The van der Waals surface area contributed by atoms with E-state index in [4.69, 9.17) is 16.7 Å². The van der Waals surface area contributed by atoms with E-state index >= 15 is 0 Å². The summed E-state index contributed by atoms with van der Waals surface area (Å²) in [5.41, 5.74) is 0.587. The van der Waals surface area contributed by atoms with Crippen molar-refractivity contribution in [3.63, 3.8) is 0 Å². The lowest BCUT2D eigenvalue weighted by Gasteiger charge is -1.98. The minimum Gasteiger partial charge on any atom is -0.507 e. The highest BCUT2D eigenvalue weighted by Crippen LogP contribution is 2.25. The van der Waals surface area contributed by atoms with Crippen molar-refractivity contribution in [1.29, 1.82) is 0 Å². The first-order chi connectivity index (χ1) is 4.75. The molecule has 0 spiro atoms. The Morgan fingerprint density at radius 2 is 2.20 bits per heavy atom. The number of phenols is 1. The van der Waals surface area contributed by atoms with Gasteiger partial charge >= 0.3 is 0 Å². The highest BCUT2D eigenvalue weighted by atomic mass is 35.5. The quantitative estimate of drug-likeness (QED) is 0.660. The zero-order chi connectivity index (χ0) is 7.56. The molecule has 1 aromatic carbocycles. The molecule has 0 heterocycles. The van der Waals surface area contributed by atoms with Crippen LogP contribution in [0.2, 0.25) is 5.02 Å². The summed E-state index contributed by atoms with van der Waals surface area (Å²) in [6.45, 7) is 3.51. The zero-order valence-corrected chi connectivity index (χ0v) is 6.10. The Kier molecular flexibility index (Phi) is 1.97. The standard InChI is InChI=1S/C8H7ClO/c1-2-6-7(9)4-3-5-8(6)10/h2-5,10H,1H2. The average molecular weight is 155 g/mol. The van der Waals surface area contributed by atoms with E-state index in [0.29, 0.717) is 10.6 Å². The first-order valence-electron chi connectivity index (χ1n) is 2.85. The van der Waals surface area contributed by atoms with Gasteiger partial charge in [0.05, 0.1) is 5.02 Å². The SMILES string of the molecule is C=Cc1c(O)cccc1Cl. The Labute approximate surface area is 64.6 Å². The van der Waals surface area contributed by atoms with Crippen molar-refractivity contribution in [2.75, 3.05) is 0 Å². The maximum Gasteiger partial charge on any atom is 0.124 e. The summed E-state index contributed by atoms with van der Waals surface area (Å²) < 4.78 is 0. The lowest BCUT2D eigenvalue weighted by atomic mass is 10.2. The van der Waals surface area contributed by atoms with E-state index in [1.807, 2.05) is 0 Å². The highest BCUT2D eigenvalue weighted by molar-refractivity contribution is 6.32. The number of benzene rings is 1.